The number of aliphatic hydroxyl groups is 1. The van der Waals surface area contributed by atoms with Gasteiger partial charge in [-0.25, -0.2) is 0 Å². The maximum atomic E-state index is 9.66. The van der Waals surface area contributed by atoms with Crippen molar-refractivity contribution in [1.29, 1.82) is 0 Å². The number of hydrogen-bond acceptors (Lipinski definition) is 7. The van der Waals surface area contributed by atoms with Gasteiger partial charge in [-0.1, -0.05) is 66.7 Å². The molecule has 2 heterocycles. The Kier molecular flexibility index (Phi) is 8.44. The second-order valence-electron chi connectivity index (χ2n) is 11.0. The van der Waals surface area contributed by atoms with Crippen molar-refractivity contribution in [3.63, 3.8) is 0 Å². The SMILES string of the molecule is COc1cc2c(cc1OC)CN(CC1OC(c3cccc(N)c3)OC(c3ccc(CO)cc3)C1c1ccccc1)CC2. The summed E-state index contributed by atoms with van der Waals surface area (Å²) in [5.41, 5.74) is 13.3. The van der Waals surface area contributed by atoms with Crippen LogP contribution >= 0.6 is 0 Å². The molecule has 0 bridgehead atoms. The molecule has 0 spiro atoms. The third-order valence-corrected chi connectivity index (χ3v) is 8.39. The van der Waals surface area contributed by atoms with E-state index < -0.39 is 6.29 Å². The number of methoxy groups -OCH3 is 2. The minimum atomic E-state index is -0.581. The summed E-state index contributed by atoms with van der Waals surface area (Å²) in [7, 11) is 3.35. The Morgan fingerprint density at radius 1 is 0.810 bits per heavy atom. The summed E-state index contributed by atoms with van der Waals surface area (Å²) in [6, 6.07) is 30.5. The Hall–Kier alpha value is -3.88. The lowest BCUT2D eigenvalue weighted by Gasteiger charge is -2.45. The predicted octanol–water partition coefficient (Wildman–Crippen LogP) is 5.78. The van der Waals surface area contributed by atoms with E-state index in [1.165, 1.54) is 11.1 Å². The highest BCUT2D eigenvalue weighted by atomic mass is 16.7. The quantitative estimate of drug-likeness (QED) is 0.262. The monoisotopic (exact) mass is 566 g/mol. The fraction of sp³-hybridized carbons (Fsp3) is 0.314. The van der Waals surface area contributed by atoms with E-state index in [0.717, 1.165) is 59.8 Å². The van der Waals surface area contributed by atoms with Gasteiger partial charge in [0, 0.05) is 36.8 Å². The molecule has 7 nitrogen and oxygen atoms in total. The lowest BCUT2D eigenvalue weighted by Crippen LogP contribution is -2.45. The maximum Gasteiger partial charge on any atom is 0.185 e. The Morgan fingerprint density at radius 3 is 2.21 bits per heavy atom. The number of nitrogen functional groups attached to an aromatic ring is 1. The standard InChI is InChI=1S/C35H38N2O5/c1-39-30-18-26-15-16-37(20-28(26)19-31(30)40-2)21-32-33(24-7-4-3-5-8-24)34(25-13-11-23(22-38)12-14-25)42-35(41-32)27-9-6-10-29(36)17-27/h3-14,17-19,32-35,38H,15-16,20-22,36H2,1-2H3. The summed E-state index contributed by atoms with van der Waals surface area (Å²) < 4.78 is 24.8. The number of rotatable bonds is 8. The number of ether oxygens (including phenoxy) is 4. The number of hydrogen-bond donors (Lipinski definition) is 2. The molecule has 2 aliphatic heterocycles. The predicted molar refractivity (Wildman–Crippen MR) is 162 cm³/mol. The van der Waals surface area contributed by atoms with Crippen molar-refractivity contribution in [2.45, 2.75) is 44.0 Å². The van der Waals surface area contributed by atoms with Gasteiger partial charge in [-0.2, -0.15) is 0 Å². The molecule has 4 aromatic carbocycles. The number of benzene rings is 4. The van der Waals surface area contributed by atoms with Crippen molar-refractivity contribution in [3.05, 3.63) is 124 Å². The molecule has 4 aromatic rings. The van der Waals surface area contributed by atoms with Crippen LogP contribution < -0.4 is 15.2 Å². The zero-order valence-electron chi connectivity index (χ0n) is 24.1. The first-order valence-electron chi connectivity index (χ1n) is 14.4. The van der Waals surface area contributed by atoms with E-state index in [4.69, 9.17) is 24.7 Å². The highest BCUT2D eigenvalue weighted by molar-refractivity contribution is 5.48. The summed E-state index contributed by atoms with van der Waals surface area (Å²) in [4.78, 5) is 2.46. The van der Waals surface area contributed by atoms with Crippen LogP contribution in [0.25, 0.3) is 0 Å². The van der Waals surface area contributed by atoms with Crippen LogP contribution in [0.2, 0.25) is 0 Å². The van der Waals surface area contributed by atoms with Crippen LogP contribution in [0.3, 0.4) is 0 Å². The van der Waals surface area contributed by atoms with Crippen molar-refractivity contribution >= 4 is 5.69 Å². The van der Waals surface area contributed by atoms with Gasteiger partial charge in [-0.05, 0) is 58.5 Å². The van der Waals surface area contributed by atoms with E-state index in [1.807, 2.05) is 42.5 Å². The molecule has 0 aliphatic carbocycles. The molecule has 2 aliphatic rings. The van der Waals surface area contributed by atoms with E-state index in [-0.39, 0.29) is 24.7 Å². The van der Waals surface area contributed by atoms with Crippen molar-refractivity contribution < 1.29 is 24.1 Å². The normalized spacial score (nSPS) is 22.4. The van der Waals surface area contributed by atoms with Crippen LogP contribution in [0.15, 0.2) is 91.0 Å². The van der Waals surface area contributed by atoms with Crippen LogP contribution in [0.5, 0.6) is 11.5 Å². The van der Waals surface area contributed by atoms with Gasteiger partial charge in [0.05, 0.1) is 33.0 Å². The third-order valence-electron chi connectivity index (χ3n) is 8.39. The highest BCUT2D eigenvalue weighted by Gasteiger charge is 2.42. The van der Waals surface area contributed by atoms with Crippen LogP contribution in [-0.4, -0.2) is 43.4 Å². The van der Waals surface area contributed by atoms with E-state index in [0.29, 0.717) is 5.69 Å². The van der Waals surface area contributed by atoms with Gasteiger partial charge in [0.15, 0.2) is 17.8 Å². The van der Waals surface area contributed by atoms with Gasteiger partial charge in [-0.3, -0.25) is 4.90 Å². The number of anilines is 1. The fourth-order valence-corrected chi connectivity index (χ4v) is 6.22. The molecule has 7 heteroatoms. The zero-order chi connectivity index (χ0) is 29.1. The molecule has 1 fully saturated rings. The van der Waals surface area contributed by atoms with Gasteiger partial charge >= 0.3 is 0 Å². The topological polar surface area (TPSA) is 86.4 Å². The molecule has 1 saturated heterocycles. The van der Waals surface area contributed by atoms with Gasteiger partial charge in [0.25, 0.3) is 0 Å². The largest absolute Gasteiger partial charge is 0.493 e. The lowest BCUT2D eigenvalue weighted by atomic mass is 9.82. The first kappa shape index (κ1) is 28.2. The number of fused-ring (bicyclic) bond motifs is 1. The molecule has 0 saturated carbocycles. The first-order chi connectivity index (χ1) is 20.6. The van der Waals surface area contributed by atoms with Gasteiger partial charge in [0.2, 0.25) is 0 Å². The lowest BCUT2D eigenvalue weighted by molar-refractivity contribution is -0.263. The van der Waals surface area contributed by atoms with Crippen LogP contribution in [0, 0.1) is 0 Å². The second-order valence-corrected chi connectivity index (χ2v) is 11.0. The molecule has 6 rings (SSSR count). The fourth-order valence-electron chi connectivity index (χ4n) is 6.22. The van der Waals surface area contributed by atoms with E-state index in [2.05, 4.69) is 53.4 Å². The van der Waals surface area contributed by atoms with Crippen molar-refractivity contribution in [2.75, 3.05) is 33.0 Å². The molecular formula is C35H38N2O5. The Morgan fingerprint density at radius 2 is 1.52 bits per heavy atom. The van der Waals surface area contributed by atoms with Gasteiger partial charge in [-0.15, -0.1) is 0 Å². The molecule has 3 N–H and O–H groups in total. The van der Waals surface area contributed by atoms with E-state index in [1.54, 1.807) is 14.2 Å². The molecule has 4 unspecified atom stereocenters. The molecule has 0 amide bonds. The number of nitrogens with zero attached hydrogens (tertiary/aromatic N) is 1. The Bertz CT molecular complexity index is 1490. The zero-order valence-corrected chi connectivity index (χ0v) is 24.1. The second kappa shape index (κ2) is 12.5. The van der Waals surface area contributed by atoms with Gasteiger partial charge < -0.3 is 29.8 Å². The summed E-state index contributed by atoms with van der Waals surface area (Å²) in [6.45, 7) is 2.42. The average Bonchev–Trinajstić information content (AvgIpc) is 3.04. The van der Waals surface area contributed by atoms with Crippen molar-refractivity contribution in [1.82, 2.24) is 4.90 Å². The number of nitrogens with two attached hydrogens (primary N) is 1. The molecule has 0 aromatic heterocycles. The summed E-state index contributed by atoms with van der Waals surface area (Å²) >= 11 is 0. The summed E-state index contributed by atoms with van der Waals surface area (Å²) in [5, 5.41) is 9.66. The minimum Gasteiger partial charge on any atom is -0.493 e. The molecule has 218 valence electrons. The number of aliphatic hydroxyl groups excluding tert-OH is 1. The highest BCUT2D eigenvalue weighted by Crippen LogP contribution is 2.47. The van der Waals surface area contributed by atoms with Crippen molar-refractivity contribution in [3.8, 4) is 11.5 Å². The molecule has 42 heavy (non-hydrogen) atoms. The third kappa shape index (κ3) is 5.87. The molecule has 0 radical (unpaired) electrons. The van der Waals surface area contributed by atoms with Crippen molar-refractivity contribution in [2.24, 2.45) is 0 Å². The average molecular weight is 567 g/mol. The van der Waals surface area contributed by atoms with Gasteiger partial charge in [0.1, 0.15) is 0 Å². The maximum absolute atomic E-state index is 9.66. The Labute approximate surface area is 247 Å². The molecular weight excluding hydrogens is 528 g/mol. The molecule has 4 atom stereocenters. The van der Waals surface area contributed by atoms with Crippen LogP contribution in [-0.2, 0) is 29.0 Å². The van der Waals surface area contributed by atoms with E-state index in [9.17, 15) is 5.11 Å². The van der Waals surface area contributed by atoms with Crippen LogP contribution in [0.4, 0.5) is 5.69 Å². The summed E-state index contributed by atoms with van der Waals surface area (Å²) in [6.07, 6.45) is -0.106. The van der Waals surface area contributed by atoms with E-state index >= 15 is 0 Å². The smallest absolute Gasteiger partial charge is 0.185 e. The summed E-state index contributed by atoms with van der Waals surface area (Å²) in [5.74, 6) is 1.45. The minimum absolute atomic E-state index is 0.00132. The first-order valence-corrected chi connectivity index (χ1v) is 14.4. The Balaban J connectivity index is 1.36. The van der Waals surface area contributed by atoms with Crippen LogP contribution in [0.1, 0.15) is 51.7 Å².